The fourth-order valence-corrected chi connectivity index (χ4v) is 1.37. The first-order valence-electron chi connectivity index (χ1n) is 5.22. The lowest BCUT2D eigenvalue weighted by Gasteiger charge is -2.20. The maximum Gasteiger partial charge on any atom is 0.429 e. The number of carbonyl (C=O) groups is 2. The van der Waals surface area contributed by atoms with E-state index in [0.717, 1.165) is 19.1 Å². The fourth-order valence-electron chi connectivity index (χ4n) is 1.37. The molecule has 0 unspecified atom stereocenters. The van der Waals surface area contributed by atoms with Gasteiger partial charge in [0.25, 0.3) is 0 Å². The summed E-state index contributed by atoms with van der Waals surface area (Å²) in [7, 11) is 0. The number of carbonyl (C=O) groups excluding carboxylic acids is 2. The smallest absolute Gasteiger partial charge is 0.429 e. The van der Waals surface area contributed by atoms with Crippen molar-refractivity contribution in [2.75, 3.05) is 0 Å². The molecule has 0 aromatic heterocycles. The molecular formula is C12H11F3O4. The van der Waals surface area contributed by atoms with Crippen molar-refractivity contribution in [3.05, 3.63) is 29.8 Å². The molecule has 1 aromatic rings. The molecule has 0 aliphatic carbocycles. The van der Waals surface area contributed by atoms with Crippen LogP contribution in [0.1, 0.15) is 25.5 Å². The average Bonchev–Trinajstić information content (AvgIpc) is 2.25. The number of hydrogen-bond acceptors (Lipinski definition) is 4. The second kappa shape index (κ2) is 5.73. The molecular weight excluding hydrogens is 265 g/mol. The number of rotatable bonds is 3. The Kier molecular flexibility index (Phi) is 4.52. The third-order valence-corrected chi connectivity index (χ3v) is 2.03. The van der Waals surface area contributed by atoms with E-state index in [0.29, 0.717) is 0 Å². The van der Waals surface area contributed by atoms with Crippen molar-refractivity contribution >= 4 is 11.9 Å². The molecule has 104 valence electrons. The van der Waals surface area contributed by atoms with Gasteiger partial charge in [-0.3, -0.25) is 9.59 Å². The third kappa shape index (κ3) is 4.61. The van der Waals surface area contributed by atoms with E-state index in [1.807, 2.05) is 0 Å². The van der Waals surface area contributed by atoms with Crippen molar-refractivity contribution in [1.82, 2.24) is 0 Å². The number of halogens is 3. The molecule has 0 amide bonds. The van der Waals surface area contributed by atoms with Crippen LogP contribution >= 0.6 is 0 Å². The summed E-state index contributed by atoms with van der Waals surface area (Å²) in [5.74, 6) is -1.51. The quantitative estimate of drug-likeness (QED) is 0.629. The van der Waals surface area contributed by atoms with Crippen molar-refractivity contribution in [3.63, 3.8) is 0 Å². The van der Waals surface area contributed by atoms with Crippen molar-refractivity contribution in [1.29, 1.82) is 0 Å². The van der Waals surface area contributed by atoms with Crippen LogP contribution in [0.5, 0.6) is 5.75 Å². The molecule has 0 spiro atoms. The summed E-state index contributed by atoms with van der Waals surface area (Å²) in [5, 5.41) is 0. The summed E-state index contributed by atoms with van der Waals surface area (Å²) < 4.78 is 47.1. The predicted molar refractivity (Wildman–Crippen MR) is 58.3 cm³/mol. The minimum absolute atomic E-state index is 0.111. The molecule has 0 aliphatic rings. The highest BCUT2D eigenvalue weighted by atomic mass is 19.4. The van der Waals surface area contributed by atoms with Gasteiger partial charge in [-0.2, -0.15) is 13.2 Å². The Labute approximate surface area is 107 Å². The molecule has 1 rings (SSSR count). The summed E-state index contributed by atoms with van der Waals surface area (Å²) in [5.41, 5.74) is -0.251. The Morgan fingerprint density at radius 1 is 1.05 bits per heavy atom. The van der Waals surface area contributed by atoms with Crippen LogP contribution < -0.4 is 4.74 Å². The van der Waals surface area contributed by atoms with Gasteiger partial charge < -0.3 is 9.47 Å². The summed E-state index contributed by atoms with van der Waals surface area (Å²) in [6, 6.07) is 4.55. The van der Waals surface area contributed by atoms with Crippen molar-refractivity contribution in [2.45, 2.75) is 26.1 Å². The first kappa shape index (κ1) is 15.0. The van der Waals surface area contributed by atoms with Crippen molar-refractivity contribution < 1.29 is 32.2 Å². The molecule has 19 heavy (non-hydrogen) atoms. The average molecular weight is 276 g/mol. The Morgan fingerprint density at radius 3 is 1.95 bits per heavy atom. The van der Waals surface area contributed by atoms with Gasteiger partial charge in [0.15, 0.2) is 0 Å². The second-order valence-electron chi connectivity index (χ2n) is 3.69. The zero-order valence-electron chi connectivity index (χ0n) is 10.2. The monoisotopic (exact) mass is 276 g/mol. The minimum atomic E-state index is -4.71. The van der Waals surface area contributed by atoms with Gasteiger partial charge in [-0.05, 0) is 12.1 Å². The van der Waals surface area contributed by atoms with E-state index in [2.05, 4.69) is 9.47 Å². The third-order valence-electron chi connectivity index (χ3n) is 2.03. The molecule has 4 nitrogen and oxygen atoms in total. The molecule has 0 saturated carbocycles. The van der Waals surface area contributed by atoms with Crippen LogP contribution in [0.25, 0.3) is 0 Å². The highest BCUT2D eigenvalue weighted by molar-refractivity contribution is 5.69. The van der Waals surface area contributed by atoms with Crippen LogP contribution in [0.4, 0.5) is 13.2 Å². The fraction of sp³-hybridized carbons (Fsp3) is 0.333. The van der Waals surface area contributed by atoms with E-state index < -0.39 is 24.2 Å². The maximum atomic E-state index is 12.7. The molecule has 1 aromatic carbocycles. The Hall–Kier alpha value is -2.05. The minimum Gasteiger partial charge on any atom is -0.448 e. The normalized spacial score (nSPS) is 12.7. The number of ether oxygens (including phenoxy) is 2. The molecule has 0 N–H and O–H groups in total. The first-order chi connectivity index (χ1) is 8.70. The molecule has 0 fully saturated rings. The van der Waals surface area contributed by atoms with Crippen LogP contribution in [-0.4, -0.2) is 18.1 Å². The Morgan fingerprint density at radius 2 is 1.58 bits per heavy atom. The van der Waals surface area contributed by atoms with Crippen LogP contribution in [0.2, 0.25) is 0 Å². The molecule has 0 bridgehead atoms. The SMILES string of the molecule is CC(=O)Oc1ccc([C@H](OC(C)=O)C(F)(F)F)cc1. The zero-order valence-corrected chi connectivity index (χ0v) is 10.2. The van der Waals surface area contributed by atoms with E-state index in [1.165, 1.54) is 19.1 Å². The van der Waals surface area contributed by atoms with Gasteiger partial charge in [0.05, 0.1) is 0 Å². The van der Waals surface area contributed by atoms with E-state index in [9.17, 15) is 22.8 Å². The van der Waals surface area contributed by atoms with E-state index in [4.69, 9.17) is 0 Å². The van der Waals surface area contributed by atoms with Gasteiger partial charge in [-0.1, -0.05) is 12.1 Å². The lowest BCUT2D eigenvalue weighted by Crippen LogP contribution is -2.25. The van der Waals surface area contributed by atoms with Crippen molar-refractivity contribution in [2.24, 2.45) is 0 Å². The predicted octanol–water partition coefficient (Wildman–Crippen LogP) is 2.78. The zero-order chi connectivity index (χ0) is 14.6. The van der Waals surface area contributed by atoms with E-state index in [-0.39, 0.29) is 11.3 Å². The summed E-state index contributed by atoms with van der Waals surface area (Å²) in [4.78, 5) is 21.4. The van der Waals surface area contributed by atoms with Gasteiger partial charge in [-0.15, -0.1) is 0 Å². The highest BCUT2D eigenvalue weighted by Crippen LogP contribution is 2.36. The highest BCUT2D eigenvalue weighted by Gasteiger charge is 2.43. The molecule has 1 atom stereocenters. The summed E-state index contributed by atoms with van der Waals surface area (Å²) in [6.45, 7) is 2.07. The molecule has 0 aliphatic heterocycles. The largest absolute Gasteiger partial charge is 0.448 e. The lowest BCUT2D eigenvalue weighted by molar-refractivity contribution is -0.222. The number of esters is 2. The first-order valence-corrected chi connectivity index (χ1v) is 5.22. The van der Waals surface area contributed by atoms with Gasteiger partial charge in [0.2, 0.25) is 6.10 Å². The molecule has 0 radical (unpaired) electrons. The number of benzene rings is 1. The molecule has 0 saturated heterocycles. The summed E-state index contributed by atoms with van der Waals surface area (Å²) in [6.07, 6.45) is -7.05. The topological polar surface area (TPSA) is 52.6 Å². The van der Waals surface area contributed by atoms with Crippen molar-refractivity contribution in [3.8, 4) is 5.75 Å². The molecule has 7 heteroatoms. The van der Waals surface area contributed by atoms with E-state index in [1.54, 1.807) is 0 Å². The number of hydrogen-bond donors (Lipinski definition) is 0. The Balaban J connectivity index is 2.97. The van der Waals surface area contributed by atoms with Crippen LogP contribution in [0.3, 0.4) is 0 Å². The standard InChI is InChI=1S/C12H11F3O4/c1-7(16)18-10-5-3-9(4-6-10)11(12(13,14)15)19-8(2)17/h3-6,11H,1-2H3/t11-/m0/s1. The van der Waals surface area contributed by atoms with Gasteiger partial charge in [0, 0.05) is 19.4 Å². The Bertz CT molecular complexity index is 465. The van der Waals surface area contributed by atoms with E-state index >= 15 is 0 Å². The van der Waals surface area contributed by atoms with Crippen LogP contribution in [0, 0.1) is 0 Å². The van der Waals surface area contributed by atoms with Gasteiger partial charge in [0.1, 0.15) is 5.75 Å². The second-order valence-corrected chi connectivity index (χ2v) is 3.69. The lowest BCUT2D eigenvalue weighted by atomic mass is 10.1. The number of alkyl halides is 3. The molecule has 0 heterocycles. The van der Waals surface area contributed by atoms with Crippen LogP contribution in [-0.2, 0) is 14.3 Å². The van der Waals surface area contributed by atoms with Crippen LogP contribution in [0.15, 0.2) is 24.3 Å². The maximum absolute atomic E-state index is 12.7. The van der Waals surface area contributed by atoms with Gasteiger partial charge in [-0.25, -0.2) is 0 Å². The van der Waals surface area contributed by atoms with Gasteiger partial charge >= 0.3 is 18.1 Å². The summed E-state index contributed by atoms with van der Waals surface area (Å²) >= 11 is 0.